The predicted octanol–water partition coefficient (Wildman–Crippen LogP) is 0.658. The average molecular weight is 155 g/mol. The van der Waals surface area contributed by atoms with Crippen molar-refractivity contribution in [2.75, 3.05) is 7.05 Å². The Bertz CT molecular complexity index is 152. The molecule has 0 heterocycles. The van der Waals surface area contributed by atoms with Gasteiger partial charge >= 0.3 is 0 Å². The Balaban J connectivity index is 3.36. The standard InChI is InChI=1S/C8H13NO2/c1-9-6-5-8(11)4-2-3-7-10/h5-7,9H,2-4H2,1H3/b6-5+. The minimum absolute atomic E-state index is 0.0567. The van der Waals surface area contributed by atoms with Crippen LogP contribution in [0.25, 0.3) is 0 Å². The number of allylic oxidation sites excluding steroid dienone is 1. The molecule has 0 aliphatic heterocycles. The molecular weight excluding hydrogens is 142 g/mol. The molecule has 0 amide bonds. The molecule has 0 bridgehead atoms. The van der Waals surface area contributed by atoms with Crippen LogP contribution in [0.5, 0.6) is 0 Å². The van der Waals surface area contributed by atoms with Gasteiger partial charge in [-0.05, 0) is 18.7 Å². The van der Waals surface area contributed by atoms with E-state index in [1.807, 2.05) is 0 Å². The van der Waals surface area contributed by atoms with Crippen LogP contribution < -0.4 is 5.32 Å². The van der Waals surface area contributed by atoms with Gasteiger partial charge in [-0.25, -0.2) is 0 Å². The molecule has 1 N–H and O–H groups in total. The topological polar surface area (TPSA) is 46.2 Å². The molecule has 0 spiro atoms. The molecule has 0 radical (unpaired) electrons. The van der Waals surface area contributed by atoms with Crippen molar-refractivity contribution in [3.8, 4) is 0 Å². The summed E-state index contributed by atoms with van der Waals surface area (Å²) in [6.07, 6.45) is 5.47. The van der Waals surface area contributed by atoms with E-state index >= 15 is 0 Å². The highest BCUT2D eigenvalue weighted by Gasteiger charge is 1.94. The van der Waals surface area contributed by atoms with E-state index in [0.29, 0.717) is 19.3 Å². The van der Waals surface area contributed by atoms with Crippen LogP contribution >= 0.6 is 0 Å². The van der Waals surface area contributed by atoms with Gasteiger partial charge < -0.3 is 10.1 Å². The number of ketones is 1. The number of carbonyl (C=O) groups excluding carboxylic acids is 2. The maximum atomic E-state index is 10.8. The molecule has 0 fully saturated rings. The van der Waals surface area contributed by atoms with Gasteiger partial charge in [0.2, 0.25) is 0 Å². The quantitative estimate of drug-likeness (QED) is 0.348. The summed E-state index contributed by atoms with van der Waals surface area (Å²) < 4.78 is 0. The van der Waals surface area contributed by atoms with Gasteiger partial charge in [0.25, 0.3) is 0 Å². The third-order valence-electron chi connectivity index (χ3n) is 1.18. The smallest absolute Gasteiger partial charge is 0.157 e. The first-order chi connectivity index (χ1) is 5.31. The Kier molecular flexibility index (Phi) is 6.28. The first-order valence-corrected chi connectivity index (χ1v) is 3.61. The second-order valence-corrected chi connectivity index (χ2v) is 2.15. The molecule has 0 aliphatic carbocycles. The third kappa shape index (κ3) is 6.77. The number of rotatable bonds is 6. The van der Waals surface area contributed by atoms with Crippen molar-refractivity contribution in [2.45, 2.75) is 19.3 Å². The van der Waals surface area contributed by atoms with E-state index < -0.39 is 0 Å². The van der Waals surface area contributed by atoms with Crippen molar-refractivity contribution >= 4 is 12.1 Å². The fourth-order valence-corrected chi connectivity index (χ4v) is 0.619. The van der Waals surface area contributed by atoms with Gasteiger partial charge in [-0.1, -0.05) is 0 Å². The molecule has 3 nitrogen and oxygen atoms in total. The summed E-state index contributed by atoms with van der Waals surface area (Å²) >= 11 is 0. The molecule has 62 valence electrons. The summed E-state index contributed by atoms with van der Waals surface area (Å²) in [5, 5.41) is 2.72. The normalized spacial score (nSPS) is 9.91. The zero-order valence-corrected chi connectivity index (χ0v) is 6.67. The molecular formula is C8H13NO2. The lowest BCUT2D eigenvalue weighted by atomic mass is 10.2. The van der Waals surface area contributed by atoms with Gasteiger partial charge in [-0.2, -0.15) is 0 Å². The van der Waals surface area contributed by atoms with E-state index in [1.54, 1.807) is 13.2 Å². The molecule has 11 heavy (non-hydrogen) atoms. The first kappa shape index (κ1) is 9.88. The number of unbranched alkanes of at least 4 members (excludes halogenated alkanes) is 1. The molecule has 0 saturated carbocycles. The van der Waals surface area contributed by atoms with Crippen LogP contribution in [-0.4, -0.2) is 19.1 Å². The number of hydrogen-bond acceptors (Lipinski definition) is 3. The van der Waals surface area contributed by atoms with Gasteiger partial charge in [-0.3, -0.25) is 4.79 Å². The van der Waals surface area contributed by atoms with Crippen LogP contribution in [0, 0.1) is 0 Å². The Morgan fingerprint density at radius 2 is 2.27 bits per heavy atom. The molecule has 0 aromatic heterocycles. The monoisotopic (exact) mass is 155 g/mol. The molecule has 0 atom stereocenters. The largest absolute Gasteiger partial charge is 0.394 e. The molecule has 0 saturated heterocycles. The maximum absolute atomic E-state index is 10.8. The van der Waals surface area contributed by atoms with Crippen molar-refractivity contribution in [3.63, 3.8) is 0 Å². The van der Waals surface area contributed by atoms with E-state index in [4.69, 9.17) is 0 Å². The molecule has 0 aromatic carbocycles. The number of hydrogen-bond donors (Lipinski definition) is 1. The van der Waals surface area contributed by atoms with Crippen molar-refractivity contribution in [1.29, 1.82) is 0 Å². The fraction of sp³-hybridized carbons (Fsp3) is 0.500. The number of aldehydes is 1. The van der Waals surface area contributed by atoms with E-state index in [0.717, 1.165) is 6.29 Å². The van der Waals surface area contributed by atoms with Gasteiger partial charge in [0.15, 0.2) is 5.78 Å². The van der Waals surface area contributed by atoms with Crippen LogP contribution in [0.3, 0.4) is 0 Å². The summed E-state index contributed by atoms with van der Waals surface area (Å²) in [7, 11) is 1.73. The van der Waals surface area contributed by atoms with E-state index in [2.05, 4.69) is 5.32 Å². The number of nitrogens with one attached hydrogen (secondary N) is 1. The molecule has 0 unspecified atom stereocenters. The molecule has 0 aliphatic rings. The van der Waals surface area contributed by atoms with Gasteiger partial charge in [0.05, 0.1) is 0 Å². The summed E-state index contributed by atoms with van der Waals surface area (Å²) in [6, 6.07) is 0. The van der Waals surface area contributed by atoms with Crippen LogP contribution in [0.15, 0.2) is 12.3 Å². The average Bonchev–Trinajstić information content (AvgIpc) is 2.01. The lowest BCUT2D eigenvalue weighted by molar-refractivity contribution is -0.114. The Labute approximate surface area is 66.5 Å². The number of carbonyl (C=O) groups is 2. The van der Waals surface area contributed by atoms with Crippen LogP contribution in [0.2, 0.25) is 0 Å². The van der Waals surface area contributed by atoms with Crippen molar-refractivity contribution in [1.82, 2.24) is 5.32 Å². The molecule has 3 heteroatoms. The van der Waals surface area contributed by atoms with Crippen LogP contribution in [0.4, 0.5) is 0 Å². The van der Waals surface area contributed by atoms with Crippen molar-refractivity contribution < 1.29 is 9.59 Å². The summed E-state index contributed by atoms with van der Waals surface area (Å²) in [5.74, 6) is 0.0567. The Morgan fingerprint density at radius 1 is 1.55 bits per heavy atom. The highest BCUT2D eigenvalue weighted by molar-refractivity contribution is 5.89. The minimum atomic E-state index is 0.0567. The van der Waals surface area contributed by atoms with E-state index in [1.165, 1.54) is 6.08 Å². The second kappa shape index (κ2) is 6.99. The second-order valence-electron chi connectivity index (χ2n) is 2.15. The molecule has 0 aromatic rings. The Morgan fingerprint density at radius 3 is 2.82 bits per heavy atom. The molecule has 0 rings (SSSR count). The van der Waals surface area contributed by atoms with Crippen molar-refractivity contribution in [2.24, 2.45) is 0 Å². The lowest BCUT2D eigenvalue weighted by Gasteiger charge is -1.90. The zero-order valence-electron chi connectivity index (χ0n) is 6.67. The third-order valence-corrected chi connectivity index (χ3v) is 1.18. The van der Waals surface area contributed by atoms with Crippen molar-refractivity contribution in [3.05, 3.63) is 12.3 Å². The highest BCUT2D eigenvalue weighted by Crippen LogP contribution is 1.94. The van der Waals surface area contributed by atoms with Crippen LogP contribution in [-0.2, 0) is 9.59 Å². The summed E-state index contributed by atoms with van der Waals surface area (Å²) in [4.78, 5) is 20.7. The Hall–Kier alpha value is -1.12. The highest BCUT2D eigenvalue weighted by atomic mass is 16.1. The van der Waals surface area contributed by atoms with E-state index in [9.17, 15) is 9.59 Å². The van der Waals surface area contributed by atoms with Crippen LogP contribution in [0.1, 0.15) is 19.3 Å². The SMILES string of the molecule is CN/C=C/C(=O)CCCC=O. The lowest BCUT2D eigenvalue weighted by Crippen LogP contribution is -1.97. The summed E-state index contributed by atoms with van der Waals surface area (Å²) in [5.41, 5.74) is 0. The van der Waals surface area contributed by atoms with Gasteiger partial charge in [-0.15, -0.1) is 0 Å². The fourth-order valence-electron chi connectivity index (χ4n) is 0.619. The van der Waals surface area contributed by atoms with Gasteiger partial charge in [0, 0.05) is 19.9 Å². The summed E-state index contributed by atoms with van der Waals surface area (Å²) in [6.45, 7) is 0. The van der Waals surface area contributed by atoms with E-state index in [-0.39, 0.29) is 5.78 Å². The first-order valence-electron chi connectivity index (χ1n) is 3.61. The predicted molar refractivity (Wildman–Crippen MR) is 43.1 cm³/mol. The van der Waals surface area contributed by atoms with Gasteiger partial charge in [0.1, 0.15) is 6.29 Å². The zero-order chi connectivity index (χ0) is 8.53. The maximum Gasteiger partial charge on any atom is 0.157 e. The minimum Gasteiger partial charge on any atom is -0.394 e.